The molecule has 1 aromatic carbocycles. The first-order chi connectivity index (χ1) is 9.13. The molecule has 0 spiro atoms. The van der Waals surface area contributed by atoms with Crippen LogP contribution in [0.15, 0.2) is 33.4 Å². The molecule has 2 rings (SSSR count). The van der Waals surface area contributed by atoms with Crippen molar-refractivity contribution in [1.29, 1.82) is 0 Å². The average molecular weight is 342 g/mol. The minimum Gasteiger partial charge on any atom is -0.493 e. The summed E-state index contributed by atoms with van der Waals surface area (Å²) in [6.07, 6.45) is 0.767. The van der Waals surface area contributed by atoms with E-state index in [1.165, 1.54) is 0 Å². The van der Waals surface area contributed by atoms with Gasteiger partial charge in [-0.15, -0.1) is 11.3 Å². The zero-order valence-corrected chi connectivity index (χ0v) is 13.3. The molecule has 0 radical (unpaired) electrons. The summed E-state index contributed by atoms with van der Waals surface area (Å²) in [6, 6.07) is 7.95. The number of methoxy groups -OCH3 is 2. The Morgan fingerprint density at radius 2 is 1.95 bits per heavy atom. The zero-order valence-electron chi connectivity index (χ0n) is 10.9. The molecule has 3 nitrogen and oxygen atoms in total. The third-order valence-corrected chi connectivity index (χ3v) is 4.44. The van der Waals surface area contributed by atoms with Crippen LogP contribution >= 0.6 is 27.3 Å². The van der Waals surface area contributed by atoms with E-state index < -0.39 is 0 Å². The molecule has 5 heteroatoms. The van der Waals surface area contributed by atoms with Crippen LogP contribution in [0.25, 0.3) is 0 Å². The van der Waals surface area contributed by atoms with Crippen molar-refractivity contribution >= 4 is 27.3 Å². The summed E-state index contributed by atoms with van der Waals surface area (Å²) in [5.74, 6) is 1.47. The minimum atomic E-state index is -0.0133. The van der Waals surface area contributed by atoms with E-state index in [9.17, 15) is 0 Å². The lowest BCUT2D eigenvalue weighted by molar-refractivity contribution is 0.354. The molecule has 19 heavy (non-hydrogen) atoms. The van der Waals surface area contributed by atoms with Crippen LogP contribution in [0.1, 0.15) is 17.2 Å². The van der Waals surface area contributed by atoms with Crippen molar-refractivity contribution in [1.82, 2.24) is 0 Å². The number of halogens is 1. The molecule has 0 bridgehead atoms. The Morgan fingerprint density at radius 1 is 1.21 bits per heavy atom. The Morgan fingerprint density at radius 3 is 2.53 bits per heavy atom. The third-order valence-electron chi connectivity index (χ3n) is 2.92. The number of nitrogens with two attached hydrogens (primary N) is 1. The maximum Gasteiger partial charge on any atom is 0.160 e. The van der Waals surface area contributed by atoms with E-state index in [4.69, 9.17) is 15.2 Å². The molecule has 1 unspecified atom stereocenters. The number of ether oxygens (including phenoxy) is 2. The first-order valence-corrected chi connectivity index (χ1v) is 7.51. The van der Waals surface area contributed by atoms with Gasteiger partial charge in [-0.25, -0.2) is 0 Å². The lowest BCUT2D eigenvalue weighted by Crippen LogP contribution is -2.12. The summed E-state index contributed by atoms with van der Waals surface area (Å²) in [5, 5.41) is 2.08. The van der Waals surface area contributed by atoms with Crippen molar-refractivity contribution in [3.05, 3.63) is 44.6 Å². The number of benzene rings is 1. The molecule has 2 aromatic rings. The molecule has 0 aliphatic rings. The van der Waals surface area contributed by atoms with E-state index in [1.807, 2.05) is 18.2 Å². The third kappa shape index (κ3) is 3.49. The van der Waals surface area contributed by atoms with E-state index in [2.05, 4.69) is 27.4 Å². The highest BCUT2D eigenvalue weighted by molar-refractivity contribution is 9.11. The summed E-state index contributed by atoms with van der Waals surface area (Å²) in [6.45, 7) is 0. The van der Waals surface area contributed by atoms with Crippen LogP contribution in [0.4, 0.5) is 0 Å². The van der Waals surface area contributed by atoms with Gasteiger partial charge in [-0.05, 0) is 57.1 Å². The van der Waals surface area contributed by atoms with E-state index >= 15 is 0 Å². The second kappa shape index (κ2) is 6.41. The molecule has 2 N–H and O–H groups in total. The van der Waals surface area contributed by atoms with E-state index in [0.717, 1.165) is 32.8 Å². The van der Waals surface area contributed by atoms with Gasteiger partial charge in [0.1, 0.15) is 0 Å². The van der Waals surface area contributed by atoms with Gasteiger partial charge < -0.3 is 15.2 Å². The van der Waals surface area contributed by atoms with Crippen molar-refractivity contribution in [3.63, 3.8) is 0 Å². The van der Waals surface area contributed by atoms with Crippen LogP contribution in [-0.4, -0.2) is 14.2 Å². The van der Waals surface area contributed by atoms with Crippen molar-refractivity contribution in [3.8, 4) is 11.5 Å². The van der Waals surface area contributed by atoms with E-state index in [-0.39, 0.29) is 6.04 Å². The molecule has 102 valence electrons. The van der Waals surface area contributed by atoms with Crippen LogP contribution < -0.4 is 15.2 Å². The first-order valence-electron chi connectivity index (χ1n) is 5.84. The second-order valence-corrected chi connectivity index (χ2v) is 6.47. The zero-order chi connectivity index (χ0) is 13.8. The van der Waals surface area contributed by atoms with Crippen molar-refractivity contribution in [2.24, 2.45) is 5.73 Å². The predicted octanol–water partition coefficient (Wildman–Crippen LogP) is 3.77. The predicted molar refractivity (Wildman–Crippen MR) is 82.2 cm³/mol. The Hall–Kier alpha value is -1.04. The van der Waals surface area contributed by atoms with Crippen LogP contribution in [0.3, 0.4) is 0 Å². The van der Waals surface area contributed by atoms with Crippen molar-refractivity contribution < 1.29 is 9.47 Å². The fourth-order valence-electron chi connectivity index (χ4n) is 1.90. The fourth-order valence-corrected chi connectivity index (χ4v) is 3.14. The second-order valence-electron chi connectivity index (χ2n) is 4.18. The quantitative estimate of drug-likeness (QED) is 0.900. The summed E-state index contributed by atoms with van der Waals surface area (Å²) in [7, 11) is 3.27. The standard InChI is InChI=1S/C14H16BrNO2S/c1-17-12-4-3-9(6-13(12)18-2)5-11(16)10-7-14(15)19-8-10/h3-4,6-8,11H,5,16H2,1-2H3. The van der Waals surface area contributed by atoms with Gasteiger partial charge in [0.05, 0.1) is 18.0 Å². The molecular formula is C14H16BrNO2S. The summed E-state index contributed by atoms with van der Waals surface area (Å²) >= 11 is 5.10. The minimum absolute atomic E-state index is 0.0133. The van der Waals surface area contributed by atoms with Gasteiger partial charge in [-0.1, -0.05) is 6.07 Å². The molecule has 0 amide bonds. The number of hydrogen-bond donors (Lipinski definition) is 1. The highest BCUT2D eigenvalue weighted by Crippen LogP contribution is 2.30. The van der Waals surface area contributed by atoms with Crippen LogP contribution in [0, 0.1) is 0 Å². The molecule has 0 aliphatic carbocycles. The fraction of sp³-hybridized carbons (Fsp3) is 0.286. The highest BCUT2D eigenvalue weighted by atomic mass is 79.9. The average Bonchev–Trinajstić information content (AvgIpc) is 2.85. The Balaban J connectivity index is 2.14. The maximum atomic E-state index is 6.22. The van der Waals surface area contributed by atoms with Crippen molar-refractivity contribution in [2.45, 2.75) is 12.5 Å². The number of hydrogen-bond acceptors (Lipinski definition) is 4. The molecular weight excluding hydrogens is 326 g/mol. The van der Waals surface area contributed by atoms with Gasteiger partial charge in [0.15, 0.2) is 11.5 Å². The highest BCUT2D eigenvalue weighted by Gasteiger charge is 2.11. The lowest BCUT2D eigenvalue weighted by Gasteiger charge is -2.13. The van der Waals surface area contributed by atoms with Crippen LogP contribution in [-0.2, 0) is 6.42 Å². The SMILES string of the molecule is COc1ccc(CC(N)c2csc(Br)c2)cc1OC. The Kier molecular flexibility index (Phi) is 4.85. The van der Waals surface area contributed by atoms with Gasteiger partial charge in [0, 0.05) is 6.04 Å². The lowest BCUT2D eigenvalue weighted by atomic mass is 10.0. The van der Waals surface area contributed by atoms with Gasteiger partial charge in [0.25, 0.3) is 0 Å². The van der Waals surface area contributed by atoms with Crippen LogP contribution in [0.5, 0.6) is 11.5 Å². The van der Waals surface area contributed by atoms with Gasteiger partial charge >= 0.3 is 0 Å². The maximum absolute atomic E-state index is 6.22. The Bertz CT molecular complexity index is 556. The van der Waals surface area contributed by atoms with Crippen molar-refractivity contribution in [2.75, 3.05) is 14.2 Å². The molecule has 1 atom stereocenters. The van der Waals surface area contributed by atoms with Gasteiger partial charge in [0.2, 0.25) is 0 Å². The summed E-state index contributed by atoms with van der Waals surface area (Å²) in [5.41, 5.74) is 8.49. The number of thiophene rings is 1. The first kappa shape index (κ1) is 14.4. The molecule has 1 heterocycles. The number of rotatable bonds is 5. The van der Waals surface area contributed by atoms with E-state index in [1.54, 1.807) is 25.6 Å². The van der Waals surface area contributed by atoms with Gasteiger partial charge in [-0.3, -0.25) is 0 Å². The molecule has 0 saturated carbocycles. The van der Waals surface area contributed by atoms with Gasteiger partial charge in [-0.2, -0.15) is 0 Å². The smallest absolute Gasteiger partial charge is 0.160 e. The molecule has 0 fully saturated rings. The topological polar surface area (TPSA) is 44.5 Å². The normalized spacial score (nSPS) is 12.2. The van der Waals surface area contributed by atoms with Crippen LogP contribution in [0.2, 0.25) is 0 Å². The Labute approximate surface area is 125 Å². The molecule has 1 aromatic heterocycles. The molecule has 0 aliphatic heterocycles. The summed E-state index contributed by atoms with van der Waals surface area (Å²) < 4.78 is 11.6. The summed E-state index contributed by atoms with van der Waals surface area (Å²) in [4.78, 5) is 0. The molecule has 0 saturated heterocycles. The van der Waals surface area contributed by atoms with E-state index in [0.29, 0.717) is 0 Å². The largest absolute Gasteiger partial charge is 0.493 e. The monoisotopic (exact) mass is 341 g/mol.